The fraction of sp³-hybridized carbons (Fsp3) is 0.800. The van der Waals surface area contributed by atoms with Crippen molar-refractivity contribution in [2.24, 2.45) is 0 Å². The van der Waals surface area contributed by atoms with Gasteiger partial charge in [0.15, 0.2) is 6.17 Å². The van der Waals surface area contributed by atoms with Crippen LogP contribution in [0.3, 0.4) is 0 Å². The lowest BCUT2D eigenvalue weighted by Gasteiger charge is -2.00. The summed E-state index contributed by atoms with van der Waals surface area (Å²) in [4.78, 5) is 0. The summed E-state index contributed by atoms with van der Waals surface area (Å²) in [5.74, 6) is 0. The second-order valence-electron chi connectivity index (χ2n) is 1.55. The zero-order valence-corrected chi connectivity index (χ0v) is 4.63. The summed E-state index contributed by atoms with van der Waals surface area (Å²) in [6.45, 7) is 1.66. The molecule has 0 amide bonds. The van der Waals surface area contributed by atoms with Gasteiger partial charge < -0.3 is 0 Å². The van der Waals surface area contributed by atoms with Crippen molar-refractivity contribution in [1.82, 2.24) is 0 Å². The highest BCUT2D eigenvalue weighted by atomic mass is 19.3. The van der Waals surface area contributed by atoms with E-state index in [-0.39, 0.29) is 6.42 Å². The van der Waals surface area contributed by atoms with Gasteiger partial charge in [-0.05, 0) is 6.42 Å². The zero-order valence-electron chi connectivity index (χ0n) is 4.63. The fourth-order valence-corrected chi connectivity index (χ4v) is 0.363. The van der Waals surface area contributed by atoms with E-state index in [1.807, 2.05) is 0 Å². The van der Waals surface area contributed by atoms with Crippen LogP contribution >= 0.6 is 0 Å². The van der Waals surface area contributed by atoms with E-state index in [0.29, 0.717) is 6.42 Å². The molecule has 0 aliphatic heterocycles. The molecule has 0 aliphatic rings. The molecule has 0 saturated heterocycles. The van der Waals surface area contributed by atoms with Gasteiger partial charge in [-0.3, -0.25) is 0 Å². The van der Waals surface area contributed by atoms with E-state index in [2.05, 4.69) is 0 Å². The van der Waals surface area contributed by atoms with Crippen LogP contribution in [0.2, 0.25) is 0 Å². The summed E-state index contributed by atoms with van der Waals surface area (Å²) >= 11 is 0. The summed E-state index contributed by atoms with van der Waals surface area (Å²) in [5.41, 5.74) is 0. The second kappa shape index (κ2) is 3.75. The Kier molecular flexibility index (Phi) is 3.65. The van der Waals surface area contributed by atoms with Crippen LogP contribution in [0.1, 0.15) is 19.8 Å². The molecule has 0 aromatic carbocycles. The van der Waals surface area contributed by atoms with E-state index in [1.165, 1.54) is 0 Å². The van der Waals surface area contributed by atoms with Gasteiger partial charge in [0, 0.05) is 0 Å². The molecule has 3 heteroatoms. The minimum Gasteiger partial charge on any atom is -0.241 e. The topological polar surface area (TPSA) is 0 Å². The first-order valence-electron chi connectivity index (χ1n) is 2.50. The van der Waals surface area contributed by atoms with Crippen molar-refractivity contribution in [1.29, 1.82) is 0 Å². The largest absolute Gasteiger partial charge is 0.343 e. The SMILES string of the molecule is CCCC(F)[C](F)F. The molecule has 1 unspecified atom stereocenters. The molecule has 1 radical (unpaired) electrons. The Labute approximate surface area is 46.7 Å². The van der Waals surface area contributed by atoms with Crippen LogP contribution in [0.25, 0.3) is 0 Å². The average Bonchev–Trinajstić information content (AvgIpc) is 1.67. The molecule has 0 N–H and O–H groups in total. The predicted molar refractivity (Wildman–Crippen MR) is 25.3 cm³/mol. The Balaban J connectivity index is 3.17. The van der Waals surface area contributed by atoms with Crippen LogP contribution in [0.15, 0.2) is 0 Å². The summed E-state index contributed by atoms with van der Waals surface area (Å²) < 4.78 is 34.1. The smallest absolute Gasteiger partial charge is 0.241 e. The Bertz CT molecular complexity index is 53.6. The lowest BCUT2D eigenvalue weighted by Crippen LogP contribution is -2.02. The Morgan fingerprint density at radius 3 is 2.12 bits per heavy atom. The second-order valence-corrected chi connectivity index (χ2v) is 1.55. The van der Waals surface area contributed by atoms with Crippen molar-refractivity contribution in [2.75, 3.05) is 0 Å². The molecule has 0 aliphatic carbocycles. The first kappa shape index (κ1) is 7.79. The van der Waals surface area contributed by atoms with E-state index in [0.717, 1.165) is 0 Å². The van der Waals surface area contributed by atoms with Crippen molar-refractivity contribution < 1.29 is 13.2 Å². The van der Waals surface area contributed by atoms with E-state index in [1.54, 1.807) is 6.92 Å². The summed E-state index contributed by atoms with van der Waals surface area (Å²) in [7, 11) is 0. The third-order valence-corrected chi connectivity index (χ3v) is 0.779. The number of alkyl halides is 1. The molecule has 1 atom stereocenters. The quantitative estimate of drug-likeness (QED) is 0.543. The molecule has 0 bridgehead atoms. The molecule has 0 fully saturated rings. The third kappa shape index (κ3) is 2.88. The van der Waals surface area contributed by atoms with Gasteiger partial charge in [-0.2, -0.15) is 8.78 Å². The van der Waals surface area contributed by atoms with Gasteiger partial charge in [0.1, 0.15) is 0 Å². The van der Waals surface area contributed by atoms with E-state index < -0.39 is 12.6 Å². The minimum atomic E-state index is -2.10. The maximum Gasteiger partial charge on any atom is 0.343 e. The van der Waals surface area contributed by atoms with E-state index in [9.17, 15) is 13.2 Å². The molecule has 0 heterocycles. The molecule has 49 valence electrons. The molecular formula is C5H8F3. The highest BCUT2D eigenvalue weighted by molar-refractivity contribution is 4.71. The van der Waals surface area contributed by atoms with Crippen LogP contribution in [-0.2, 0) is 0 Å². The molecule has 8 heavy (non-hydrogen) atoms. The van der Waals surface area contributed by atoms with Crippen LogP contribution < -0.4 is 0 Å². The van der Waals surface area contributed by atoms with Crippen molar-refractivity contribution in [3.8, 4) is 0 Å². The van der Waals surface area contributed by atoms with Crippen LogP contribution in [0, 0.1) is 6.43 Å². The normalized spacial score (nSPS) is 14.6. The van der Waals surface area contributed by atoms with Gasteiger partial charge in [0.05, 0.1) is 0 Å². The number of halogens is 3. The predicted octanol–water partition coefficient (Wildman–Crippen LogP) is 2.55. The average molecular weight is 125 g/mol. The number of rotatable bonds is 3. The van der Waals surface area contributed by atoms with Gasteiger partial charge >= 0.3 is 6.43 Å². The third-order valence-electron chi connectivity index (χ3n) is 0.779. The Hall–Kier alpha value is -0.210. The van der Waals surface area contributed by atoms with Gasteiger partial charge in [-0.25, -0.2) is 4.39 Å². The standard InChI is InChI=1S/C5H8F3/c1-2-3-4(6)5(7)8/h4H,2-3H2,1H3. The summed E-state index contributed by atoms with van der Waals surface area (Å²) in [6, 6.07) is 0. The Morgan fingerprint density at radius 1 is 1.50 bits per heavy atom. The first-order chi connectivity index (χ1) is 3.68. The van der Waals surface area contributed by atoms with Crippen molar-refractivity contribution in [3.63, 3.8) is 0 Å². The lowest BCUT2D eigenvalue weighted by molar-refractivity contribution is 0.150. The van der Waals surface area contributed by atoms with Gasteiger partial charge in [0.25, 0.3) is 0 Å². The number of hydrogen-bond acceptors (Lipinski definition) is 0. The Morgan fingerprint density at radius 2 is 2.00 bits per heavy atom. The summed E-state index contributed by atoms with van der Waals surface area (Å²) in [6.07, 6.45) is -3.72. The highest BCUT2D eigenvalue weighted by Crippen LogP contribution is 2.17. The number of hydrogen-bond donors (Lipinski definition) is 0. The highest BCUT2D eigenvalue weighted by Gasteiger charge is 2.19. The van der Waals surface area contributed by atoms with Crippen molar-refractivity contribution in [3.05, 3.63) is 6.43 Å². The van der Waals surface area contributed by atoms with Gasteiger partial charge in [0.2, 0.25) is 0 Å². The van der Waals surface area contributed by atoms with E-state index in [4.69, 9.17) is 0 Å². The molecule has 0 nitrogen and oxygen atoms in total. The molecule has 0 spiro atoms. The van der Waals surface area contributed by atoms with Crippen molar-refractivity contribution in [2.45, 2.75) is 25.9 Å². The fourth-order valence-electron chi connectivity index (χ4n) is 0.363. The van der Waals surface area contributed by atoms with Gasteiger partial charge in [-0.15, -0.1) is 0 Å². The van der Waals surface area contributed by atoms with Crippen molar-refractivity contribution >= 4 is 0 Å². The molecular weight excluding hydrogens is 117 g/mol. The monoisotopic (exact) mass is 125 g/mol. The maximum atomic E-state index is 11.7. The molecule has 0 aromatic rings. The lowest BCUT2D eigenvalue weighted by atomic mass is 10.2. The van der Waals surface area contributed by atoms with E-state index >= 15 is 0 Å². The van der Waals surface area contributed by atoms with Crippen LogP contribution in [0.5, 0.6) is 0 Å². The molecule has 0 aromatic heterocycles. The molecule has 0 saturated carbocycles. The van der Waals surface area contributed by atoms with Crippen LogP contribution in [0.4, 0.5) is 13.2 Å². The van der Waals surface area contributed by atoms with Crippen LogP contribution in [-0.4, -0.2) is 6.17 Å². The minimum absolute atomic E-state index is 0.0671. The summed E-state index contributed by atoms with van der Waals surface area (Å²) in [5, 5.41) is 0. The van der Waals surface area contributed by atoms with Gasteiger partial charge in [-0.1, -0.05) is 13.3 Å². The maximum absolute atomic E-state index is 11.7. The molecule has 0 rings (SSSR count). The first-order valence-corrected chi connectivity index (χ1v) is 2.50. The zero-order chi connectivity index (χ0) is 6.57.